The molecule has 0 bridgehead atoms. The van der Waals surface area contributed by atoms with Crippen molar-refractivity contribution in [3.63, 3.8) is 0 Å². The minimum Gasteiger partial charge on any atom is -0.349 e. The molecular weight excluding hydrogens is 314 g/mol. The molecule has 2 aliphatic rings. The molecular formula is C20H27N3O2. The van der Waals surface area contributed by atoms with Gasteiger partial charge in [-0.3, -0.25) is 9.59 Å². The van der Waals surface area contributed by atoms with E-state index in [0.717, 1.165) is 50.9 Å². The van der Waals surface area contributed by atoms with Gasteiger partial charge in [-0.25, -0.2) is 0 Å². The van der Waals surface area contributed by atoms with Gasteiger partial charge in [-0.1, -0.05) is 37.6 Å². The molecule has 3 rings (SSSR count). The van der Waals surface area contributed by atoms with Crippen molar-refractivity contribution in [1.82, 2.24) is 10.6 Å². The fraction of sp³-hybridized carbons (Fsp3) is 0.500. The molecule has 5 heteroatoms. The van der Waals surface area contributed by atoms with Crippen LogP contribution in [0.15, 0.2) is 36.4 Å². The Kier molecular flexibility index (Phi) is 5.87. The van der Waals surface area contributed by atoms with Crippen molar-refractivity contribution in [2.45, 2.75) is 51.1 Å². The lowest BCUT2D eigenvalue weighted by molar-refractivity contribution is -0.124. The van der Waals surface area contributed by atoms with Crippen LogP contribution in [0, 0.1) is 0 Å². The fourth-order valence-corrected chi connectivity index (χ4v) is 3.50. The number of nitrogens with zero attached hydrogens (tertiary/aromatic N) is 1. The highest BCUT2D eigenvalue weighted by atomic mass is 16.2. The lowest BCUT2D eigenvalue weighted by atomic mass is 10.0. The molecule has 0 unspecified atom stereocenters. The topological polar surface area (TPSA) is 61.4 Å². The fourth-order valence-electron chi connectivity index (χ4n) is 3.50. The number of amides is 2. The van der Waals surface area contributed by atoms with Crippen LogP contribution in [0.3, 0.4) is 0 Å². The van der Waals surface area contributed by atoms with E-state index in [9.17, 15) is 9.59 Å². The molecule has 0 spiro atoms. The maximum absolute atomic E-state index is 12.5. The maximum Gasteiger partial charge on any atom is 0.250 e. The number of para-hydroxylation sites is 1. The summed E-state index contributed by atoms with van der Waals surface area (Å²) in [6.07, 6.45) is 8.19. The number of piperidine rings is 1. The average Bonchev–Trinajstić information content (AvgIpc) is 3.09. The van der Waals surface area contributed by atoms with Crippen molar-refractivity contribution in [3.8, 4) is 0 Å². The Balaban J connectivity index is 1.57. The molecule has 2 aliphatic heterocycles. The molecule has 1 aromatic rings. The van der Waals surface area contributed by atoms with Gasteiger partial charge in [0.25, 0.3) is 5.91 Å². The summed E-state index contributed by atoms with van der Waals surface area (Å²) in [5, 5.41) is 6.30. The zero-order valence-electron chi connectivity index (χ0n) is 14.8. The van der Waals surface area contributed by atoms with Crippen LogP contribution in [0.25, 0.3) is 0 Å². The number of fused-ring (bicyclic) bond motifs is 1. The molecule has 2 amide bonds. The van der Waals surface area contributed by atoms with Crippen molar-refractivity contribution in [2.24, 2.45) is 0 Å². The highest BCUT2D eigenvalue weighted by Gasteiger charge is 2.24. The molecule has 1 fully saturated rings. The average molecular weight is 341 g/mol. The Hall–Kier alpha value is -2.14. The van der Waals surface area contributed by atoms with Gasteiger partial charge in [-0.05, 0) is 43.9 Å². The zero-order valence-corrected chi connectivity index (χ0v) is 14.8. The second kappa shape index (κ2) is 8.30. The van der Waals surface area contributed by atoms with Crippen LogP contribution in [-0.2, 0) is 16.0 Å². The lowest BCUT2D eigenvalue weighted by Crippen LogP contribution is -2.49. The molecule has 25 heavy (non-hydrogen) atoms. The number of benzene rings is 1. The van der Waals surface area contributed by atoms with E-state index in [-0.39, 0.29) is 23.9 Å². The van der Waals surface area contributed by atoms with Crippen molar-refractivity contribution < 1.29 is 9.59 Å². The molecule has 2 atom stereocenters. The highest BCUT2D eigenvalue weighted by molar-refractivity contribution is 6.03. The molecule has 2 heterocycles. The lowest BCUT2D eigenvalue weighted by Gasteiger charge is -2.24. The zero-order chi connectivity index (χ0) is 17.6. The van der Waals surface area contributed by atoms with E-state index in [1.807, 2.05) is 36.1 Å². The number of hydrogen-bond donors (Lipinski definition) is 2. The third-order valence-electron chi connectivity index (χ3n) is 5.02. The largest absolute Gasteiger partial charge is 0.349 e. The van der Waals surface area contributed by atoms with Crippen LogP contribution in [-0.4, -0.2) is 37.0 Å². The Morgan fingerprint density at radius 1 is 1.36 bits per heavy atom. The third-order valence-corrected chi connectivity index (χ3v) is 5.02. The number of nitrogens with one attached hydrogen (secondary N) is 2. The molecule has 0 aliphatic carbocycles. The van der Waals surface area contributed by atoms with E-state index in [1.54, 1.807) is 6.08 Å². The van der Waals surface area contributed by atoms with Gasteiger partial charge in [0, 0.05) is 24.4 Å². The molecule has 0 radical (unpaired) electrons. The number of anilines is 1. The first-order valence-corrected chi connectivity index (χ1v) is 9.30. The molecule has 0 aromatic heterocycles. The van der Waals surface area contributed by atoms with Gasteiger partial charge in [0.2, 0.25) is 5.91 Å². The van der Waals surface area contributed by atoms with Crippen molar-refractivity contribution in [1.29, 1.82) is 0 Å². The van der Waals surface area contributed by atoms with Gasteiger partial charge < -0.3 is 15.5 Å². The van der Waals surface area contributed by atoms with Crippen LogP contribution in [0.5, 0.6) is 0 Å². The third kappa shape index (κ3) is 4.28. The summed E-state index contributed by atoms with van der Waals surface area (Å²) in [7, 11) is 0. The molecule has 5 nitrogen and oxygen atoms in total. The summed E-state index contributed by atoms with van der Waals surface area (Å²) in [4.78, 5) is 26.7. The van der Waals surface area contributed by atoms with E-state index in [1.165, 1.54) is 5.56 Å². The van der Waals surface area contributed by atoms with Crippen molar-refractivity contribution >= 4 is 17.5 Å². The summed E-state index contributed by atoms with van der Waals surface area (Å²) in [6, 6.07) is 7.81. The van der Waals surface area contributed by atoms with Gasteiger partial charge in [0.05, 0.1) is 6.04 Å². The molecule has 1 aromatic carbocycles. The summed E-state index contributed by atoms with van der Waals surface area (Å²) in [5.41, 5.74) is 2.22. The summed E-state index contributed by atoms with van der Waals surface area (Å²) in [5.74, 6) is 0.0172. The smallest absolute Gasteiger partial charge is 0.250 e. The maximum atomic E-state index is 12.5. The second-order valence-corrected chi connectivity index (χ2v) is 6.75. The predicted octanol–water partition coefficient (Wildman–Crippen LogP) is 2.17. The first-order valence-electron chi connectivity index (χ1n) is 9.30. The number of rotatable bonds is 5. The van der Waals surface area contributed by atoms with Crippen molar-refractivity contribution in [3.05, 3.63) is 42.0 Å². The SMILES string of the molecule is CC[C@@H](C=CC(=O)N1CCc2ccccc21)NC(=O)[C@@H]1CCCCN1. The summed E-state index contributed by atoms with van der Waals surface area (Å²) >= 11 is 0. The van der Waals surface area contributed by atoms with Crippen LogP contribution < -0.4 is 15.5 Å². The van der Waals surface area contributed by atoms with Gasteiger partial charge in [0.1, 0.15) is 0 Å². The molecule has 0 saturated carbocycles. The Morgan fingerprint density at radius 3 is 2.96 bits per heavy atom. The number of carbonyl (C=O) groups excluding carboxylic acids is 2. The molecule has 134 valence electrons. The van der Waals surface area contributed by atoms with Crippen LogP contribution in [0.4, 0.5) is 5.69 Å². The Bertz CT molecular complexity index is 650. The van der Waals surface area contributed by atoms with Crippen LogP contribution in [0.2, 0.25) is 0 Å². The number of hydrogen-bond acceptors (Lipinski definition) is 3. The monoisotopic (exact) mass is 341 g/mol. The van der Waals surface area contributed by atoms with Gasteiger partial charge in [0.15, 0.2) is 0 Å². The standard InChI is InChI=1S/C20H27N3O2/c1-2-16(22-20(25)17-8-5-6-13-21-17)10-11-19(24)23-14-12-15-7-3-4-9-18(15)23/h3-4,7,9-11,16-17,21H,2,5-6,8,12-14H2,1H3,(H,22,25)/t16-,17-/m0/s1. The predicted molar refractivity (Wildman–Crippen MR) is 99.5 cm³/mol. The Labute approximate surface area is 149 Å². The Morgan fingerprint density at radius 2 is 2.20 bits per heavy atom. The van der Waals surface area contributed by atoms with E-state index < -0.39 is 0 Å². The second-order valence-electron chi connectivity index (χ2n) is 6.75. The van der Waals surface area contributed by atoms with Crippen LogP contribution in [0.1, 0.15) is 38.2 Å². The van der Waals surface area contributed by atoms with Gasteiger partial charge in [-0.2, -0.15) is 0 Å². The van der Waals surface area contributed by atoms with E-state index in [2.05, 4.69) is 16.7 Å². The minimum absolute atomic E-state index is 0.0200. The van der Waals surface area contributed by atoms with E-state index >= 15 is 0 Å². The summed E-state index contributed by atoms with van der Waals surface area (Å²) in [6.45, 7) is 3.63. The molecule has 1 saturated heterocycles. The van der Waals surface area contributed by atoms with Gasteiger partial charge >= 0.3 is 0 Å². The van der Waals surface area contributed by atoms with Crippen molar-refractivity contribution in [2.75, 3.05) is 18.0 Å². The van der Waals surface area contributed by atoms with Crippen LogP contribution >= 0.6 is 0 Å². The minimum atomic E-state index is -0.113. The molecule has 2 N–H and O–H groups in total. The van der Waals surface area contributed by atoms with E-state index in [0.29, 0.717) is 0 Å². The number of carbonyl (C=O) groups is 2. The first-order chi connectivity index (χ1) is 12.2. The highest BCUT2D eigenvalue weighted by Crippen LogP contribution is 2.27. The normalized spacial score (nSPS) is 21.2. The summed E-state index contributed by atoms with van der Waals surface area (Å²) < 4.78 is 0. The van der Waals surface area contributed by atoms with E-state index in [4.69, 9.17) is 0 Å². The first kappa shape index (κ1) is 17.7. The quantitative estimate of drug-likeness (QED) is 0.807. The van der Waals surface area contributed by atoms with Gasteiger partial charge in [-0.15, -0.1) is 0 Å².